The minimum atomic E-state index is -0.194. The largest absolute Gasteiger partial charge is 0.465 e. The summed E-state index contributed by atoms with van der Waals surface area (Å²) in [5.41, 5.74) is 0. The smallest absolute Gasteiger partial charge is 0.306 e. The number of hydrogen-bond donors (Lipinski definition) is 0. The van der Waals surface area contributed by atoms with Crippen LogP contribution >= 0.6 is 0 Å². The summed E-state index contributed by atoms with van der Waals surface area (Å²) in [6.45, 7) is 4.96. The second-order valence-corrected chi connectivity index (χ2v) is 4.72. The van der Waals surface area contributed by atoms with Crippen LogP contribution in [0.1, 0.15) is 39.5 Å². The van der Waals surface area contributed by atoms with E-state index in [-0.39, 0.29) is 17.9 Å². The summed E-state index contributed by atoms with van der Waals surface area (Å²) in [5.74, 6) is 0.316. The summed E-state index contributed by atoms with van der Waals surface area (Å²) in [6, 6.07) is 0. The number of carbonyl (C=O) groups is 2. The van der Waals surface area contributed by atoms with E-state index >= 15 is 0 Å². The summed E-state index contributed by atoms with van der Waals surface area (Å²) in [4.78, 5) is 22.1. The Morgan fingerprint density at radius 1 is 1.56 bits per heavy atom. The van der Waals surface area contributed by atoms with E-state index in [0.717, 1.165) is 12.8 Å². The van der Waals surface area contributed by atoms with Gasteiger partial charge in [0.2, 0.25) is 0 Å². The van der Waals surface area contributed by atoms with Crippen LogP contribution in [-0.4, -0.2) is 25.2 Å². The number of hydrogen-bond acceptors (Lipinski definition) is 4. The van der Waals surface area contributed by atoms with Gasteiger partial charge >= 0.3 is 11.9 Å². The predicted octanol–water partition coefficient (Wildman–Crippen LogP) is 1.92. The van der Waals surface area contributed by atoms with Crippen molar-refractivity contribution in [3.8, 4) is 0 Å². The Hall–Kier alpha value is -1.06. The van der Waals surface area contributed by atoms with Crippen LogP contribution in [0, 0.1) is 11.8 Å². The first-order valence-corrected chi connectivity index (χ1v) is 5.89. The van der Waals surface area contributed by atoms with Gasteiger partial charge in [-0.1, -0.05) is 20.3 Å². The lowest BCUT2D eigenvalue weighted by molar-refractivity contribution is -0.145. The Morgan fingerprint density at radius 2 is 2.31 bits per heavy atom. The molecule has 0 aromatic rings. The summed E-state index contributed by atoms with van der Waals surface area (Å²) >= 11 is 0. The van der Waals surface area contributed by atoms with Gasteiger partial charge in [-0.05, 0) is 12.3 Å². The van der Waals surface area contributed by atoms with Crippen LogP contribution in [0.5, 0.6) is 0 Å². The lowest BCUT2D eigenvalue weighted by Gasteiger charge is -2.08. The lowest BCUT2D eigenvalue weighted by atomic mass is 10.1. The molecule has 0 aliphatic carbocycles. The molecule has 0 spiro atoms. The molecule has 1 heterocycles. The number of cyclic esters (lactones) is 1. The molecule has 1 aliphatic rings. The third-order valence-electron chi connectivity index (χ3n) is 2.58. The summed E-state index contributed by atoms with van der Waals surface area (Å²) in [6.07, 6.45) is 2.76. The van der Waals surface area contributed by atoms with Gasteiger partial charge in [-0.2, -0.15) is 0 Å². The second kappa shape index (κ2) is 6.51. The highest BCUT2D eigenvalue weighted by Gasteiger charge is 2.24. The molecule has 0 amide bonds. The number of carbonyl (C=O) groups excluding carboxylic acids is 2. The van der Waals surface area contributed by atoms with Crippen molar-refractivity contribution in [3.05, 3.63) is 0 Å². The lowest BCUT2D eigenvalue weighted by Crippen LogP contribution is -2.14. The van der Waals surface area contributed by atoms with Crippen molar-refractivity contribution in [3.63, 3.8) is 0 Å². The Bertz CT molecular complexity index is 247. The maximum atomic E-state index is 11.3. The molecule has 1 fully saturated rings. The van der Waals surface area contributed by atoms with Gasteiger partial charge in [-0.3, -0.25) is 9.59 Å². The van der Waals surface area contributed by atoms with E-state index in [1.807, 2.05) is 0 Å². The molecule has 1 aliphatic heterocycles. The normalized spacial score (nSPS) is 19.9. The maximum Gasteiger partial charge on any atom is 0.306 e. The van der Waals surface area contributed by atoms with Crippen LogP contribution < -0.4 is 0 Å². The molecule has 92 valence electrons. The Kier molecular flexibility index (Phi) is 5.29. The van der Waals surface area contributed by atoms with E-state index in [1.54, 1.807) is 0 Å². The Balaban J connectivity index is 2.04. The fourth-order valence-corrected chi connectivity index (χ4v) is 1.61. The Labute approximate surface area is 96.3 Å². The Morgan fingerprint density at radius 3 is 2.88 bits per heavy atom. The van der Waals surface area contributed by atoms with Crippen molar-refractivity contribution in [2.45, 2.75) is 39.5 Å². The van der Waals surface area contributed by atoms with Crippen molar-refractivity contribution in [1.82, 2.24) is 0 Å². The molecule has 0 N–H and O–H groups in total. The summed E-state index contributed by atoms with van der Waals surface area (Å²) in [5, 5.41) is 0. The second-order valence-electron chi connectivity index (χ2n) is 4.72. The van der Waals surface area contributed by atoms with E-state index in [2.05, 4.69) is 13.8 Å². The van der Waals surface area contributed by atoms with Gasteiger partial charge in [0, 0.05) is 12.3 Å². The van der Waals surface area contributed by atoms with Crippen LogP contribution in [0.25, 0.3) is 0 Å². The molecule has 1 atom stereocenters. The maximum absolute atomic E-state index is 11.3. The van der Waals surface area contributed by atoms with E-state index in [0.29, 0.717) is 32.0 Å². The SMILES string of the molecule is CC(C)CCCC(=O)OCC1COC(=O)C1. The monoisotopic (exact) mass is 228 g/mol. The van der Waals surface area contributed by atoms with Gasteiger partial charge in [-0.25, -0.2) is 0 Å². The van der Waals surface area contributed by atoms with Crippen molar-refractivity contribution in [2.24, 2.45) is 11.8 Å². The number of rotatable bonds is 6. The predicted molar refractivity (Wildman–Crippen MR) is 58.7 cm³/mol. The number of ether oxygens (including phenoxy) is 2. The highest BCUT2D eigenvalue weighted by molar-refractivity contribution is 5.72. The van der Waals surface area contributed by atoms with Crippen molar-refractivity contribution >= 4 is 11.9 Å². The zero-order valence-electron chi connectivity index (χ0n) is 10.0. The van der Waals surface area contributed by atoms with Gasteiger partial charge in [-0.15, -0.1) is 0 Å². The highest BCUT2D eigenvalue weighted by atomic mass is 16.6. The molecular weight excluding hydrogens is 208 g/mol. The molecule has 4 nitrogen and oxygen atoms in total. The quantitative estimate of drug-likeness (QED) is 0.652. The van der Waals surface area contributed by atoms with Crippen LogP contribution in [0.4, 0.5) is 0 Å². The zero-order valence-corrected chi connectivity index (χ0v) is 10.0. The van der Waals surface area contributed by atoms with E-state index in [9.17, 15) is 9.59 Å². The third kappa shape index (κ3) is 5.14. The zero-order chi connectivity index (χ0) is 12.0. The first-order valence-electron chi connectivity index (χ1n) is 5.89. The molecule has 0 bridgehead atoms. The van der Waals surface area contributed by atoms with Gasteiger partial charge in [0.1, 0.15) is 0 Å². The minimum Gasteiger partial charge on any atom is -0.465 e. The molecule has 0 radical (unpaired) electrons. The molecule has 1 rings (SSSR count). The van der Waals surface area contributed by atoms with Crippen molar-refractivity contribution < 1.29 is 19.1 Å². The van der Waals surface area contributed by atoms with E-state index in [4.69, 9.17) is 9.47 Å². The topological polar surface area (TPSA) is 52.6 Å². The van der Waals surface area contributed by atoms with Crippen LogP contribution in [-0.2, 0) is 19.1 Å². The third-order valence-corrected chi connectivity index (χ3v) is 2.58. The number of esters is 2. The van der Waals surface area contributed by atoms with Gasteiger partial charge < -0.3 is 9.47 Å². The van der Waals surface area contributed by atoms with Gasteiger partial charge in [0.15, 0.2) is 0 Å². The fourth-order valence-electron chi connectivity index (χ4n) is 1.61. The molecule has 16 heavy (non-hydrogen) atoms. The molecule has 4 heteroatoms. The van der Waals surface area contributed by atoms with E-state index < -0.39 is 0 Å². The standard InChI is InChI=1S/C12H20O4/c1-9(2)4-3-5-11(13)15-7-10-6-12(14)16-8-10/h9-10H,3-8H2,1-2H3. The fraction of sp³-hybridized carbons (Fsp3) is 0.833. The first kappa shape index (κ1) is 13.0. The van der Waals surface area contributed by atoms with Crippen molar-refractivity contribution in [1.29, 1.82) is 0 Å². The highest BCUT2D eigenvalue weighted by Crippen LogP contribution is 2.14. The molecular formula is C12H20O4. The minimum absolute atomic E-state index is 0.0570. The molecule has 0 aromatic carbocycles. The summed E-state index contributed by atoms with van der Waals surface area (Å²) in [7, 11) is 0. The molecule has 0 aromatic heterocycles. The molecule has 0 saturated carbocycles. The first-order chi connectivity index (χ1) is 7.58. The summed E-state index contributed by atoms with van der Waals surface area (Å²) < 4.78 is 9.87. The van der Waals surface area contributed by atoms with E-state index in [1.165, 1.54) is 0 Å². The van der Waals surface area contributed by atoms with Crippen molar-refractivity contribution in [2.75, 3.05) is 13.2 Å². The average Bonchev–Trinajstić information content (AvgIpc) is 2.61. The van der Waals surface area contributed by atoms with Gasteiger partial charge in [0.25, 0.3) is 0 Å². The van der Waals surface area contributed by atoms with Crippen LogP contribution in [0.2, 0.25) is 0 Å². The average molecular weight is 228 g/mol. The van der Waals surface area contributed by atoms with Gasteiger partial charge in [0.05, 0.1) is 19.6 Å². The molecule has 1 saturated heterocycles. The van der Waals surface area contributed by atoms with Crippen LogP contribution in [0.15, 0.2) is 0 Å². The van der Waals surface area contributed by atoms with Crippen LogP contribution in [0.3, 0.4) is 0 Å². The molecule has 1 unspecified atom stereocenters.